The number of nitrogens with two attached hydrogens (primary N) is 1. The summed E-state index contributed by atoms with van der Waals surface area (Å²) in [7, 11) is 0. The van der Waals surface area contributed by atoms with Gasteiger partial charge >= 0.3 is 6.03 Å². The van der Waals surface area contributed by atoms with E-state index in [2.05, 4.69) is 12.2 Å². The van der Waals surface area contributed by atoms with Crippen LogP contribution in [0.5, 0.6) is 0 Å². The molecule has 0 aromatic rings. The van der Waals surface area contributed by atoms with E-state index in [1.165, 1.54) is 51.4 Å². The molecular weight excluding hydrogens is 304 g/mol. The molecule has 0 aromatic carbocycles. The third-order valence-electron chi connectivity index (χ3n) is 3.87. The summed E-state index contributed by atoms with van der Waals surface area (Å²) in [5.74, 6) is -0.766. The van der Waals surface area contributed by atoms with Crippen molar-refractivity contribution < 1.29 is 9.59 Å². The van der Waals surface area contributed by atoms with Gasteiger partial charge in [-0.25, -0.2) is 4.79 Å². The number of allylic oxidation sites excluding steroid dienone is 1. The van der Waals surface area contributed by atoms with E-state index < -0.39 is 11.9 Å². The zero-order valence-electron chi connectivity index (χ0n) is 15.1. The first-order valence-corrected chi connectivity index (χ1v) is 8.98. The molecule has 0 unspecified atom stereocenters. The first-order valence-electron chi connectivity index (χ1n) is 8.98. The van der Waals surface area contributed by atoms with E-state index in [1.54, 1.807) is 13.0 Å². The van der Waals surface area contributed by atoms with Crippen LogP contribution >= 0.6 is 0 Å². The third kappa shape index (κ3) is 11.5. The van der Waals surface area contributed by atoms with Crippen molar-refractivity contribution in [2.24, 2.45) is 5.73 Å². The number of urea groups is 1. The zero-order valence-corrected chi connectivity index (χ0v) is 15.1. The summed E-state index contributed by atoms with van der Waals surface area (Å²) < 4.78 is 0. The SMILES string of the molecule is CCCCCCCCCCCCNC(C)=C(C#N)C(=O)NC(N)=O. The average molecular weight is 336 g/mol. The number of nitrogens with zero attached hydrogens (tertiary/aromatic N) is 1. The number of nitriles is 1. The number of amides is 3. The molecular formula is C18H32N4O2. The van der Waals surface area contributed by atoms with Gasteiger partial charge < -0.3 is 11.1 Å². The average Bonchev–Trinajstić information content (AvgIpc) is 2.52. The van der Waals surface area contributed by atoms with Gasteiger partial charge in [0.15, 0.2) is 0 Å². The van der Waals surface area contributed by atoms with Gasteiger partial charge in [-0.3, -0.25) is 10.1 Å². The number of unbranched alkanes of at least 4 members (excludes halogenated alkanes) is 9. The van der Waals surface area contributed by atoms with Crippen LogP contribution in [0.1, 0.15) is 78.1 Å². The minimum atomic E-state index is -0.963. The molecule has 0 fully saturated rings. The number of imide groups is 1. The van der Waals surface area contributed by atoms with Crippen LogP contribution in [-0.4, -0.2) is 18.5 Å². The molecule has 0 spiro atoms. The van der Waals surface area contributed by atoms with Crippen LogP contribution in [0.25, 0.3) is 0 Å². The van der Waals surface area contributed by atoms with Gasteiger partial charge in [-0.15, -0.1) is 0 Å². The van der Waals surface area contributed by atoms with E-state index in [0.29, 0.717) is 12.2 Å². The molecule has 24 heavy (non-hydrogen) atoms. The maximum Gasteiger partial charge on any atom is 0.319 e. The lowest BCUT2D eigenvalue weighted by atomic mass is 10.1. The van der Waals surface area contributed by atoms with Gasteiger partial charge in [0, 0.05) is 12.2 Å². The summed E-state index contributed by atoms with van der Waals surface area (Å²) in [6, 6.07) is 0.831. The second-order valence-electron chi connectivity index (χ2n) is 6.04. The molecule has 0 aromatic heterocycles. The number of nitrogens with one attached hydrogen (secondary N) is 2. The second kappa shape index (κ2) is 14.6. The summed E-state index contributed by atoms with van der Waals surface area (Å²) in [6.07, 6.45) is 12.6. The topological polar surface area (TPSA) is 108 Å². The van der Waals surface area contributed by atoms with Crippen LogP contribution in [0.2, 0.25) is 0 Å². The van der Waals surface area contributed by atoms with Gasteiger partial charge in [0.25, 0.3) is 5.91 Å². The van der Waals surface area contributed by atoms with Crippen LogP contribution in [0.4, 0.5) is 4.79 Å². The van der Waals surface area contributed by atoms with Crippen molar-refractivity contribution >= 4 is 11.9 Å². The standard InChI is InChI=1S/C18H32N4O2/c1-3-4-5-6-7-8-9-10-11-12-13-21-15(2)16(14-19)17(23)22-18(20)24/h21H,3-13H2,1-2H3,(H3,20,22,23,24). The summed E-state index contributed by atoms with van der Waals surface area (Å²) in [5.41, 5.74) is 5.23. The van der Waals surface area contributed by atoms with Crippen molar-refractivity contribution in [3.8, 4) is 6.07 Å². The fraction of sp³-hybridized carbons (Fsp3) is 0.722. The van der Waals surface area contributed by atoms with Crippen molar-refractivity contribution in [3.05, 3.63) is 11.3 Å². The Morgan fingerprint density at radius 3 is 1.92 bits per heavy atom. The Balaban J connectivity index is 3.78. The summed E-state index contributed by atoms with van der Waals surface area (Å²) >= 11 is 0. The van der Waals surface area contributed by atoms with Crippen molar-refractivity contribution in [2.75, 3.05) is 6.54 Å². The molecule has 0 aliphatic carbocycles. The molecule has 0 saturated carbocycles. The normalized spacial score (nSPS) is 11.4. The fourth-order valence-corrected chi connectivity index (χ4v) is 2.46. The molecule has 0 heterocycles. The molecule has 136 valence electrons. The number of primary amides is 1. The van der Waals surface area contributed by atoms with Gasteiger partial charge in [0.2, 0.25) is 0 Å². The van der Waals surface area contributed by atoms with Gasteiger partial charge in [-0.2, -0.15) is 5.26 Å². The number of hydrogen-bond donors (Lipinski definition) is 3. The molecule has 6 nitrogen and oxygen atoms in total. The van der Waals surface area contributed by atoms with Gasteiger partial charge in [0.05, 0.1) is 0 Å². The molecule has 0 bridgehead atoms. The molecule has 0 atom stereocenters. The van der Waals surface area contributed by atoms with Crippen LogP contribution in [0, 0.1) is 11.3 Å². The van der Waals surface area contributed by atoms with Crippen LogP contribution in [0.3, 0.4) is 0 Å². The van der Waals surface area contributed by atoms with Gasteiger partial charge in [-0.1, -0.05) is 64.7 Å². The molecule has 0 aliphatic rings. The van der Waals surface area contributed by atoms with Crippen molar-refractivity contribution in [3.63, 3.8) is 0 Å². The minimum Gasteiger partial charge on any atom is -0.387 e. The Kier molecular flexibility index (Phi) is 13.3. The van der Waals surface area contributed by atoms with E-state index in [9.17, 15) is 9.59 Å². The zero-order chi connectivity index (χ0) is 18.2. The summed E-state index contributed by atoms with van der Waals surface area (Å²) in [4.78, 5) is 22.2. The molecule has 0 saturated heterocycles. The highest BCUT2D eigenvalue weighted by atomic mass is 16.2. The van der Waals surface area contributed by atoms with E-state index in [-0.39, 0.29) is 5.57 Å². The monoisotopic (exact) mass is 336 g/mol. The maximum absolute atomic E-state index is 11.6. The first-order chi connectivity index (χ1) is 11.5. The lowest BCUT2D eigenvalue weighted by molar-refractivity contribution is -0.116. The number of carbonyl (C=O) groups is 2. The molecule has 0 radical (unpaired) electrons. The van der Waals surface area contributed by atoms with Crippen molar-refractivity contribution in [1.29, 1.82) is 5.26 Å². The highest BCUT2D eigenvalue weighted by Crippen LogP contribution is 2.10. The second-order valence-corrected chi connectivity index (χ2v) is 6.04. The van der Waals surface area contributed by atoms with Crippen LogP contribution in [0.15, 0.2) is 11.3 Å². The largest absolute Gasteiger partial charge is 0.387 e. The van der Waals surface area contributed by atoms with Gasteiger partial charge in [-0.05, 0) is 13.3 Å². The Hall–Kier alpha value is -2.03. The minimum absolute atomic E-state index is 0.110. The molecule has 0 aliphatic heterocycles. The lowest BCUT2D eigenvalue weighted by Gasteiger charge is -2.09. The number of carbonyl (C=O) groups excluding carboxylic acids is 2. The summed E-state index contributed by atoms with van der Waals surface area (Å²) in [6.45, 7) is 4.58. The van der Waals surface area contributed by atoms with E-state index in [0.717, 1.165) is 12.8 Å². The Labute approximate surface area is 145 Å². The highest BCUT2D eigenvalue weighted by Gasteiger charge is 2.13. The molecule has 0 rings (SSSR count). The van der Waals surface area contributed by atoms with E-state index >= 15 is 0 Å². The van der Waals surface area contributed by atoms with Crippen LogP contribution < -0.4 is 16.4 Å². The Morgan fingerprint density at radius 1 is 0.958 bits per heavy atom. The number of hydrogen-bond acceptors (Lipinski definition) is 4. The molecule has 3 amide bonds. The predicted octanol–water partition coefficient (Wildman–Crippen LogP) is 3.49. The van der Waals surface area contributed by atoms with E-state index in [1.807, 2.05) is 5.32 Å². The smallest absolute Gasteiger partial charge is 0.319 e. The quantitative estimate of drug-likeness (QED) is 0.272. The molecule has 6 heteroatoms. The Bertz CT molecular complexity index is 452. The van der Waals surface area contributed by atoms with E-state index in [4.69, 9.17) is 11.0 Å². The molecule has 4 N–H and O–H groups in total. The maximum atomic E-state index is 11.6. The Morgan fingerprint density at radius 2 is 1.46 bits per heavy atom. The number of rotatable bonds is 13. The first kappa shape index (κ1) is 22.0. The summed E-state index contributed by atoms with van der Waals surface area (Å²) in [5, 5.41) is 14.0. The van der Waals surface area contributed by atoms with Crippen molar-refractivity contribution in [1.82, 2.24) is 10.6 Å². The lowest BCUT2D eigenvalue weighted by Crippen LogP contribution is -2.36. The highest BCUT2D eigenvalue weighted by molar-refractivity contribution is 6.06. The van der Waals surface area contributed by atoms with Crippen LogP contribution in [-0.2, 0) is 4.79 Å². The predicted molar refractivity (Wildman–Crippen MR) is 95.9 cm³/mol. The van der Waals surface area contributed by atoms with Gasteiger partial charge in [0.1, 0.15) is 11.6 Å². The fourth-order valence-electron chi connectivity index (χ4n) is 2.46. The third-order valence-corrected chi connectivity index (χ3v) is 3.87. The van der Waals surface area contributed by atoms with Crippen molar-refractivity contribution in [2.45, 2.75) is 78.1 Å².